The standard InChI is InChI=1S/C15H27N3O3/c1-3-12(9-14(19)20)16-15(21)18-8-6-13-11(10-18)5-4-7-17(13)2/h11-13H,3-10H2,1-2H3,(H,16,21)(H,19,20). The first-order chi connectivity index (χ1) is 10.0. The highest BCUT2D eigenvalue weighted by molar-refractivity contribution is 5.76. The number of carboxylic acid groups (broad SMARTS) is 1. The van der Waals surface area contributed by atoms with Gasteiger partial charge in [0.15, 0.2) is 0 Å². The van der Waals surface area contributed by atoms with Gasteiger partial charge in [0.2, 0.25) is 0 Å². The normalized spacial score (nSPS) is 27.8. The highest BCUT2D eigenvalue weighted by Gasteiger charge is 2.36. The zero-order valence-electron chi connectivity index (χ0n) is 13.0. The van der Waals surface area contributed by atoms with Crippen molar-refractivity contribution in [1.29, 1.82) is 0 Å². The van der Waals surface area contributed by atoms with Gasteiger partial charge >= 0.3 is 12.0 Å². The number of nitrogens with zero attached hydrogens (tertiary/aromatic N) is 2. The zero-order valence-corrected chi connectivity index (χ0v) is 13.0. The van der Waals surface area contributed by atoms with Crippen LogP contribution in [0.3, 0.4) is 0 Å². The van der Waals surface area contributed by atoms with Crippen molar-refractivity contribution in [3.63, 3.8) is 0 Å². The van der Waals surface area contributed by atoms with E-state index in [1.807, 2.05) is 11.8 Å². The number of carboxylic acids is 1. The Morgan fingerprint density at radius 3 is 2.76 bits per heavy atom. The molecular formula is C15H27N3O3. The van der Waals surface area contributed by atoms with E-state index >= 15 is 0 Å². The summed E-state index contributed by atoms with van der Waals surface area (Å²) in [7, 11) is 2.17. The summed E-state index contributed by atoms with van der Waals surface area (Å²) in [5.74, 6) is -0.308. The van der Waals surface area contributed by atoms with Crippen LogP contribution in [0.1, 0.15) is 39.0 Å². The van der Waals surface area contributed by atoms with Crippen molar-refractivity contribution >= 4 is 12.0 Å². The lowest BCUT2D eigenvalue weighted by Gasteiger charge is -2.46. The van der Waals surface area contributed by atoms with Crippen LogP contribution in [0, 0.1) is 5.92 Å². The third-order valence-corrected chi connectivity index (χ3v) is 4.87. The predicted molar refractivity (Wildman–Crippen MR) is 80.2 cm³/mol. The van der Waals surface area contributed by atoms with E-state index in [-0.39, 0.29) is 18.5 Å². The lowest BCUT2D eigenvalue weighted by molar-refractivity contribution is -0.137. The number of rotatable bonds is 4. The molecule has 2 aliphatic rings. The van der Waals surface area contributed by atoms with Crippen LogP contribution < -0.4 is 5.32 Å². The molecule has 0 aromatic heterocycles. The van der Waals surface area contributed by atoms with E-state index in [2.05, 4.69) is 17.3 Å². The lowest BCUT2D eigenvalue weighted by atomic mass is 9.84. The van der Waals surface area contributed by atoms with E-state index in [0.717, 1.165) is 26.1 Å². The van der Waals surface area contributed by atoms with Gasteiger partial charge in [-0.05, 0) is 45.2 Å². The molecule has 2 saturated heterocycles. The first-order valence-electron chi connectivity index (χ1n) is 7.98. The van der Waals surface area contributed by atoms with Gasteiger partial charge in [-0.15, -0.1) is 0 Å². The van der Waals surface area contributed by atoms with E-state index in [0.29, 0.717) is 18.4 Å². The second-order valence-corrected chi connectivity index (χ2v) is 6.34. The average molecular weight is 297 g/mol. The highest BCUT2D eigenvalue weighted by Crippen LogP contribution is 2.29. The van der Waals surface area contributed by atoms with Crippen LogP contribution in [0.25, 0.3) is 0 Å². The molecule has 2 N–H and O–H groups in total. The molecule has 2 heterocycles. The van der Waals surface area contributed by atoms with Crippen LogP contribution in [-0.2, 0) is 4.79 Å². The largest absolute Gasteiger partial charge is 0.481 e. The van der Waals surface area contributed by atoms with Crippen LogP contribution in [0.4, 0.5) is 4.79 Å². The molecule has 2 rings (SSSR count). The first kappa shape index (κ1) is 16.1. The molecule has 2 aliphatic heterocycles. The van der Waals surface area contributed by atoms with Crippen molar-refractivity contribution in [1.82, 2.24) is 15.1 Å². The SMILES string of the molecule is CCC(CC(=O)O)NC(=O)N1CCC2C(CCCN2C)C1. The number of carbonyl (C=O) groups is 2. The molecule has 2 fully saturated rings. The van der Waals surface area contributed by atoms with Gasteiger partial charge in [-0.1, -0.05) is 6.92 Å². The second-order valence-electron chi connectivity index (χ2n) is 6.34. The summed E-state index contributed by atoms with van der Waals surface area (Å²) in [6, 6.07) is 0.223. The smallest absolute Gasteiger partial charge is 0.317 e. The van der Waals surface area contributed by atoms with E-state index < -0.39 is 5.97 Å². The van der Waals surface area contributed by atoms with Gasteiger partial charge in [0.25, 0.3) is 0 Å². The molecule has 120 valence electrons. The van der Waals surface area contributed by atoms with E-state index in [1.165, 1.54) is 12.8 Å². The molecule has 3 atom stereocenters. The third-order valence-electron chi connectivity index (χ3n) is 4.87. The topological polar surface area (TPSA) is 72.9 Å². The second kappa shape index (κ2) is 7.11. The Morgan fingerprint density at radius 2 is 2.10 bits per heavy atom. The summed E-state index contributed by atoms with van der Waals surface area (Å²) in [6.45, 7) is 4.62. The highest BCUT2D eigenvalue weighted by atomic mass is 16.4. The lowest BCUT2D eigenvalue weighted by Crippen LogP contribution is -2.56. The Balaban J connectivity index is 1.87. The Morgan fingerprint density at radius 1 is 1.33 bits per heavy atom. The molecule has 0 saturated carbocycles. The molecule has 6 nitrogen and oxygen atoms in total. The van der Waals surface area contributed by atoms with Crippen molar-refractivity contribution in [2.75, 3.05) is 26.7 Å². The quantitative estimate of drug-likeness (QED) is 0.822. The Hall–Kier alpha value is -1.30. The summed E-state index contributed by atoms with van der Waals surface area (Å²) < 4.78 is 0. The molecule has 0 aromatic rings. The third kappa shape index (κ3) is 4.09. The van der Waals surface area contributed by atoms with E-state index in [9.17, 15) is 9.59 Å². The van der Waals surface area contributed by atoms with Crippen molar-refractivity contribution < 1.29 is 14.7 Å². The van der Waals surface area contributed by atoms with E-state index in [1.54, 1.807) is 0 Å². The fourth-order valence-corrected chi connectivity index (χ4v) is 3.61. The molecule has 0 aliphatic carbocycles. The molecule has 6 heteroatoms. The Labute approximate surface area is 126 Å². The molecule has 3 unspecified atom stereocenters. The number of nitrogens with one attached hydrogen (secondary N) is 1. The molecular weight excluding hydrogens is 270 g/mol. The van der Waals surface area contributed by atoms with Crippen LogP contribution in [0.15, 0.2) is 0 Å². The number of hydrogen-bond donors (Lipinski definition) is 2. The minimum absolute atomic E-state index is 0.00906. The summed E-state index contributed by atoms with van der Waals surface area (Å²) in [6.07, 6.45) is 4.03. The maximum Gasteiger partial charge on any atom is 0.317 e. The minimum atomic E-state index is -0.866. The number of fused-ring (bicyclic) bond motifs is 1. The molecule has 0 aromatic carbocycles. The number of aliphatic carboxylic acids is 1. The van der Waals surface area contributed by atoms with Crippen molar-refractivity contribution in [2.24, 2.45) is 5.92 Å². The summed E-state index contributed by atoms with van der Waals surface area (Å²) >= 11 is 0. The first-order valence-corrected chi connectivity index (χ1v) is 7.98. The van der Waals surface area contributed by atoms with Crippen LogP contribution in [0.2, 0.25) is 0 Å². The maximum atomic E-state index is 12.3. The van der Waals surface area contributed by atoms with Crippen LogP contribution >= 0.6 is 0 Å². The summed E-state index contributed by atoms with van der Waals surface area (Å²) in [5, 5.41) is 11.7. The maximum absolute atomic E-state index is 12.3. The summed E-state index contributed by atoms with van der Waals surface area (Å²) in [4.78, 5) is 27.4. The number of amides is 2. The average Bonchev–Trinajstić information content (AvgIpc) is 2.45. The number of piperidine rings is 2. The van der Waals surface area contributed by atoms with Crippen LogP contribution in [0.5, 0.6) is 0 Å². The fourth-order valence-electron chi connectivity index (χ4n) is 3.61. The number of urea groups is 1. The number of hydrogen-bond acceptors (Lipinski definition) is 3. The van der Waals surface area contributed by atoms with Crippen molar-refractivity contribution in [3.05, 3.63) is 0 Å². The Bertz CT molecular complexity index is 388. The van der Waals surface area contributed by atoms with Crippen LogP contribution in [-0.4, -0.2) is 65.7 Å². The predicted octanol–water partition coefficient (Wildman–Crippen LogP) is 1.37. The molecule has 21 heavy (non-hydrogen) atoms. The summed E-state index contributed by atoms with van der Waals surface area (Å²) in [5.41, 5.74) is 0. The Kier molecular flexibility index (Phi) is 5.45. The number of likely N-dealkylation sites (tertiary alicyclic amines) is 2. The molecule has 0 spiro atoms. The molecule has 0 bridgehead atoms. The van der Waals surface area contributed by atoms with Gasteiger partial charge in [0.05, 0.1) is 6.42 Å². The monoisotopic (exact) mass is 297 g/mol. The molecule has 2 amide bonds. The minimum Gasteiger partial charge on any atom is -0.481 e. The van der Waals surface area contributed by atoms with E-state index in [4.69, 9.17) is 5.11 Å². The van der Waals surface area contributed by atoms with Crippen molar-refractivity contribution in [3.8, 4) is 0 Å². The van der Waals surface area contributed by atoms with Gasteiger partial charge < -0.3 is 20.2 Å². The molecule has 0 radical (unpaired) electrons. The van der Waals surface area contributed by atoms with Gasteiger partial charge in [0, 0.05) is 25.2 Å². The van der Waals surface area contributed by atoms with Gasteiger partial charge in [-0.2, -0.15) is 0 Å². The zero-order chi connectivity index (χ0) is 15.4. The number of carbonyl (C=O) groups excluding carboxylic acids is 1. The van der Waals surface area contributed by atoms with Crippen molar-refractivity contribution in [2.45, 2.75) is 51.1 Å². The van der Waals surface area contributed by atoms with Gasteiger partial charge in [0.1, 0.15) is 0 Å². The van der Waals surface area contributed by atoms with Gasteiger partial charge in [-0.3, -0.25) is 4.79 Å². The van der Waals surface area contributed by atoms with Gasteiger partial charge in [-0.25, -0.2) is 4.79 Å². The fraction of sp³-hybridized carbons (Fsp3) is 0.867.